The number of nitrogens with zero attached hydrogens (tertiary/aromatic N) is 1. The van der Waals surface area contributed by atoms with Gasteiger partial charge in [0.05, 0.1) is 11.1 Å². The molecular weight excluding hydrogens is 735 g/mol. The molecule has 1 heteroatoms. The molecule has 0 saturated carbocycles. The van der Waals surface area contributed by atoms with Gasteiger partial charge in [0.15, 0.2) is 0 Å². The fourth-order valence-corrected chi connectivity index (χ4v) is 11.5. The quantitative estimate of drug-likeness (QED) is 0.172. The first kappa shape index (κ1) is 37.6. The second-order valence-corrected chi connectivity index (χ2v) is 19.4. The molecule has 1 spiro atoms. The van der Waals surface area contributed by atoms with Crippen molar-refractivity contribution in [3.8, 4) is 33.4 Å². The summed E-state index contributed by atoms with van der Waals surface area (Å²) in [5, 5.41) is 0. The van der Waals surface area contributed by atoms with Crippen LogP contribution >= 0.6 is 0 Å². The van der Waals surface area contributed by atoms with Crippen LogP contribution < -0.4 is 4.90 Å². The van der Waals surface area contributed by atoms with Gasteiger partial charge in [0.2, 0.25) is 0 Å². The van der Waals surface area contributed by atoms with Crippen LogP contribution in [0.15, 0.2) is 170 Å². The Balaban J connectivity index is 1.16. The van der Waals surface area contributed by atoms with Crippen LogP contribution in [0.3, 0.4) is 0 Å². The minimum atomic E-state index is -0.452. The molecule has 3 aliphatic carbocycles. The van der Waals surface area contributed by atoms with Crippen LogP contribution in [0, 0.1) is 13.8 Å². The summed E-state index contributed by atoms with van der Waals surface area (Å²) < 4.78 is 0. The van der Waals surface area contributed by atoms with Gasteiger partial charge in [-0.1, -0.05) is 168 Å². The largest absolute Gasteiger partial charge is 0.310 e. The van der Waals surface area contributed by atoms with Gasteiger partial charge in [-0.05, 0) is 163 Å². The van der Waals surface area contributed by atoms with E-state index in [0.717, 1.165) is 12.8 Å². The maximum Gasteiger partial charge on any atom is 0.0719 e. The van der Waals surface area contributed by atoms with Crippen molar-refractivity contribution in [2.75, 3.05) is 4.90 Å². The lowest BCUT2D eigenvalue weighted by molar-refractivity contribution is 0.590. The zero-order chi connectivity index (χ0) is 41.8. The van der Waals surface area contributed by atoms with Crippen molar-refractivity contribution in [3.05, 3.63) is 231 Å². The Labute approximate surface area is 362 Å². The normalized spacial score (nSPS) is 14.9. The van der Waals surface area contributed by atoms with Crippen molar-refractivity contribution < 1.29 is 0 Å². The zero-order valence-corrected chi connectivity index (χ0v) is 36.5. The van der Waals surface area contributed by atoms with Gasteiger partial charge in [-0.2, -0.15) is 0 Å². The van der Waals surface area contributed by atoms with E-state index in [1.54, 1.807) is 0 Å². The summed E-state index contributed by atoms with van der Waals surface area (Å²) >= 11 is 0. The topological polar surface area (TPSA) is 3.24 Å². The Morgan fingerprint density at radius 1 is 0.426 bits per heavy atom. The fourth-order valence-electron chi connectivity index (χ4n) is 11.5. The molecule has 0 aromatic heterocycles. The third-order valence-corrected chi connectivity index (χ3v) is 14.4. The molecule has 0 amide bonds. The van der Waals surface area contributed by atoms with Gasteiger partial charge in [0.1, 0.15) is 0 Å². The number of hydrogen-bond acceptors (Lipinski definition) is 1. The van der Waals surface area contributed by atoms with Gasteiger partial charge in [0.25, 0.3) is 0 Å². The summed E-state index contributed by atoms with van der Waals surface area (Å²) in [6, 6.07) is 65.3. The molecule has 11 rings (SSSR count). The van der Waals surface area contributed by atoms with Crippen LogP contribution in [-0.2, 0) is 29.1 Å². The third-order valence-electron chi connectivity index (χ3n) is 14.4. The monoisotopic (exact) mass is 787 g/mol. The molecule has 0 fully saturated rings. The van der Waals surface area contributed by atoms with E-state index in [2.05, 4.69) is 223 Å². The fraction of sp³-hybridized carbons (Fsp3) is 0.200. The van der Waals surface area contributed by atoms with E-state index in [0.29, 0.717) is 0 Å². The molecule has 8 aromatic carbocycles. The SMILES string of the molecule is Cc1cc(-c2ccc(C(C)(C)C)cc2)cc(C)c1N(c1ccc2c(c1)C(C)(C)c1ccccc1-2)c1ccc2c(c1)C1(c3ccccc3CCc3ccccc31)c1ccccc1-2. The van der Waals surface area contributed by atoms with E-state index >= 15 is 0 Å². The molecule has 0 saturated heterocycles. The standard InChI is InChI=1S/C60H53N/c1-38-34-43(40-26-28-44(29-27-40)58(3,4)5)35-39(2)57(38)61(45-30-32-49-47-18-10-14-22-53(47)59(6,7)55(49)36-45)46-31-33-50-48-19-11-15-23-54(48)60(56(50)37-46)51-20-12-8-16-41(51)24-25-42-17-9-13-21-52(42)60/h8-23,26-37H,24-25H2,1-7H3. The minimum absolute atomic E-state index is 0.108. The first-order chi connectivity index (χ1) is 29.5. The smallest absolute Gasteiger partial charge is 0.0719 e. The summed E-state index contributed by atoms with van der Waals surface area (Å²) in [6.07, 6.45) is 2.05. The highest BCUT2D eigenvalue weighted by molar-refractivity contribution is 5.92. The third kappa shape index (κ3) is 5.52. The second kappa shape index (κ2) is 13.5. The number of hydrogen-bond donors (Lipinski definition) is 0. The van der Waals surface area contributed by atoms with Crippen LogP contribution in [0.1, 0.15) is 95.8 Å². The number of benzene rings is 8. The lowest BCUT2D eigenvalue weighted by atomic mass is 9.66. The molecule has 0 bridgehead atoms. The van der Waals surface area contributed by atoms with E-state index in [4.69, 9.17) is 0 Å². The van der Waals surface area contributed by atoms with E-state index < -0.39 is 5.41 Å². The predicted octanol–water partition coefficient (Wildman–Crippen LogP) is 15.5. The molecule has 298 valence electrons. The van der Waals surface area contributed by atoms with Crippen molar-refractivity contribution in [2.24, 2.45) is 0 Å². The first-order valence-corrected chi connectivity index (χ1v) is 22.1. The molecule has 1 nitrogen and oxygen atoms in total. The number of rotatable bonds is 4. The van der Waals surface area contributed by atoms with Gasteiger partial charge in [-0.25, -0.2) is 0 Å². The highest BCUT2D eigenvalue weighted by Gasteiger charge is 2.49. The molecule has 0 aliphatic heterocycles. The summed E-state index contributed by atoms with van der Waals surface area (Å²) in [5.41, 5.74) is 26.0. The molecule has 61 heavy (non-hydrogen) atoms. The van der Waals surface area contributed by atoms with Crippen LogP contribution in [-0.4, -0.2) is 0 Å². The zero-order valence-electron chi connectivity index (χ0n) is 36.5. The number of aryl methyl sites for hydroxylation is 4. The Hall–Kier alpha value is -6.44. The van der Waals surface area contributed by atoms with Crippen molar-refractivity contribution in [1.82, 2.24) is 0 Å². The Morgan fingerprint density at radius 3 is 1.46 bits per heavy atom. The summed E-state index contributed by atoms with van der Waals surface area (Å²) in [4.78, 5) is 2.57. The molecule has 0 radical (unpaired) electrons. The molecule has 0 unspecified atom stereocenters. The molecule has 3 aliphatic rings. The summed E-state index contributed by atoms with van der Waals surface area (Å²) in [7, 11) is 0. The van der Waals surface area contributed by atoms with Crippen molar-refractivity contribution in [1.29, 1.82) is 0 Å². The molecule has 0 N–H and O–H groups in total. The maximum absolute atomic E-state index is 2.57. The van der Waals surface area contributed by atoms with Crippen molar-refractivity contribution in [3.63, 3.8) is 0 Å². The van der Waals surface area contributed by atoms with E-state index in [9.17, 15) is 0 Å². The van der Waals surface area contributed by atoms with E-state index in [-0.39, 0.29) is 10.8 Å². The lowest BCUT2D eigenvalue weighted by Crippen LogP contribution is -2.30. The average Bonchev–Trinajstić information content (AvgIpc) is 3.61. The van der Waals surface area contributed by atoms with E-state index in [1.165, 1.54) is 112 Å². The van der Waals surface area contributed by atoms with Gasteiger partial charge in [-0.15, -0.1) is 0 Å². The summed E-state index contributed by atoms with van der Waals surface area (Å²) in [6.45, 7) is 16.2. The first-order valence-electron chi connectivity index (χ1n) is 22.1. The minimum Gasteiger partial charge on any atom is -0.310 e. The van der Waals surface area contributed by atoms with Gasteiger partial charge in [-0.3, -0.25) is 0 Å². The van der Waals surface area contributed by atoms with Crippen molar-refractivity contribution in [2.45, 2.75) is 77.6 Å². The highest BCUT2D eigenvalue weighted by Crippen LogP contribution is 2.60. The highest BCUT2D eigenvalue weighted by atomic mass is 15.1. The van der Waals surface area contributed by atoms with Crippen LogP contribution in [0.2, 0.25) is 0 Å². The molecule has 8 aromatic rings. The molecule has 0 heterocycles. The maximum atomic E-state index is 2.57. The molecule has 0 atom stereocenters. The van der Waals surface area contributed by atoms with Crippen LogP contribution in [0.4, 0.5) is 17.1 Å². The Morgan fingerprint density at radius 2 is 0.885 bits per heavy atom. The predicted molar refractivity (Wildman–Crippen MR) is 257 cm³/mol. The molecular formula is C60H53N. The Bertz CT molecular complexity index is 2990. The van der Waals surface area contributed by atoms with Crippen LogP contribution in [0.25, 0.3) is 33.4 Å². The van der Waals surface area contributed by atoms with Crippen molar-refractivity contribution >= 4 is 17.1 Å². The number of fused-ring (bicyclic) bond motifs is 12. The Kier molecular flexibility index (Phi) is 8.33. The lowest BCUT2D eigenvalue weighted by Gasteiger charge is -2.36. The summed E-state index contributed by atoms with van der Waals surface area (Å²) in [5.74, 6) is 0. The second-order valence-electron chi connectivity index (χ2n) is 19.4. The van der Waals surface area contributed by atoms with Crippen LogP contribution in [0.5, 0.6) is 0 Å². The van der Waals surface area contributed by atoms with E-state index in [1.807, 2.05) is 0 Å². The number of anilines is 3. The van der Waals surface area contributed by atoms with Gasteiger partial charge >= 0.3 is 0 Å². The average molecular weight is 788 g/mol. The van der Waals surface area contributed by atoms with Gasteiger partial charge < -0.3 is 4.90 Å². The van der Waals surface area contributed by atoms with Gasteiger partial charge in [0, 0.05) is 16.8 Å².